The summed E-state index contributed by atoms with van der Waals surface area (Å²) < 4.78 is 28.6. The van der Waals surface area contributed by atoms with Crippen molar-refractivity contribution in [2.24, 2.45) is 0 Å². The molecule has 42 heavy (non-hydrogen) atoms. The number of rotatable bonds is 12. The summed E-state index contributed by atoms with van der Waals surface area (Å²) in [6.45, 7) is 1.33. The van der Waals surface area contributed by atoms with Crippen LogP contribution in [0, 0.1) is 10.1 Å². The SMILES string of the molecule is CC[C@H](C(=O)NC1CCCCC1)N(Cc1ccccc1)C(=O)CN(c1ccc([N+](=O)[O-])cc1)S(=O)(=O)c1ccccc1. The molecule has 3 aromatic carbocycles. The van der Waals surface area contributed by atoms with E-state index >= 15 is 0 Å². The lowest BCUT2D eigenvalue weighted by atomic mass is 9.95. The maximum absolute atomic E-state index is 14.1. The Hall–Kier alpha value is -4.25. The van der Waals surface area contributed by atoms with Gasteiger partial charge in [-0.25, -0.2) is 8.42 Å². The maximum Gasteiger partial charge on any atom is 0.269 e. The molecular weight excluding hydrogens is 556 g/mol. The summed E-state index contributed by atoms with van der Waals surface area (Å²) in [6.07, 6.45) is 5.32. The molecule has 10 nitrogen and oxygen atoms in total. The molecule has 4 rings (SSSR count). The van der Waals surface area contributed by atoms with E-state index in [1.807, 2.05) is 37.3 Å². The van der Waals surface area contributed by atoms with E-state index in [1.54, 1.807) is 18.2 Å². The number of nitrogens with zero attached hydrogens (tertiary/aromatic N) is 3. The number of anilines is 1. The summed E-state index contributed by atoms with van der Waals surface area (Å²) in [4.78, 5) is 39.7. The van der Waals surface area contributed by atoms with Gasteiger partial charge in [0.1, 0.15) is 12.6 Å². The number of sulfonamides is 1. The number of nitro groups is 1. The van der Waals surface area contributed by atoms with E-state index in [0.717, 1.165) is 42.0 Å². The first-order valence-corrected chi connectivity index (χ1v) is 15.6. The summed E-state index contributed by atoms with van der Waals surface area (Å²) in [7, 11) is -4.25. The normalized spacial score (nSPS) is 14.5. The molecule has 11 heteroatoms. The van der Waals surface area contributed by atoms with E-state index < -0.39 is 33.4 Å². The van der Waals surface area contributed by atoms with Crippen LogP contribution in [0.1, 0.15) is 51.0 Å². The summed E-state index contributed by atoms with van der Waals surface area (Å²) in [6, 6.07) is 21.1. The monoisotopic (exact) mass is 592 g/mol. The van der Waals surface area contributed by atoms with Crippen molar-refractivity contribution >= 4 is 33.2 Å². The van der Waals surface area contributed by atoms with Gasteiger partial charge in [-0.3, -0.25) is 24.0 Å². The molecule has 0 aliphatic heterocycles. The lowest BCUT2D eigenvalue weighted by Crippen LogP contribution is -2.54. The van der Waals surface area contributed by atoms with Crippen molar-refractivity contribution in [3.8, 4) is 0 Å². The molecule has 1 aliphatic carbocycles. The second-order valence-electron chi connectivity index (χ2n) is 10.4. The highest BCUT2D eigenvalue weighted by Crippen LogP contribution is 2.27. The predicted octanol–water partition coefficient (Wildman–Crippen LogP) is 5.05. The Morgan fingerprint density at radius 3 is 2.10 bits per heavy atom. The lowest BCUT2D eigenvalue weighted by molar-refractivity contribution is -0.384. The molecule has 0 heterocycles. The van der Waals surface area contributed by atoms with E-state index in [4.69, 9.17) is 0 Å². The third-order valence-electron chi connectivity index (χ3n) is 7.49. The van der Waals surface area contributed by atoms with Crippen molar-refractivity contribution in [1.82, 2.24) is 10.2 Å². The van der Waals surface area contributed by atoms with Crippen molar-refractivity contribution in [1.29, 1.82) is 0 Å². The van der Waals surface area contributed by atoms with Crippen molar-refractivity contribution < 1.29 is 22.9 Å². The van der Waals surface area contributed by atoms with Crippen molar-refractivity contribution in [3.05, 3.63) is 101 Å². The topological polar surface area (TPSA) is 130 Å². The predicted molar refractivity (Wildman–Crippen MR) is 160 cm³/mol. The highest BCUT2D eigenvalue weighted by atomic mass is 32.2. The Balaban J connectivity index is 1.69. The van der Waals surface area contributed by atoms with Gasteiger partial charge in [0.15, 0.2) is 0 Å². The summed E-state index contributed by atoms with van der Waals surface area (Å²) in [5.74, 6) is -0.830. The zero-order valence-electron chi connectivity index (χ0n) is 23.6. The summed E-state index contributed by atoms with van der Waals surface area (Å²) in [5.41, 5.74) is 0.679. The van der Waals surface area contributed by atoms with Crippen LogP contribution in [-0.4, -0.2) is 48.7 Å². The Morgan fingerprint density at radius 1 is 0.929 bits per heavy atom. The van der Waals surface area contributed by atoms with Crippen LogP contribution in [0.5, 0.6) is 0 Å². The Bertz CT molecular complexity index is 1460. The highest BCUT2D eigenvalue weighted by Gasteiger charge is 2.34. The number of carbonyl (C=O) groups is 2. The van der Waals surface area contributed by atoms with E-state index in [2.05, 4.69) is 5.32 Å². The van der Waals surface area contributed by atoms with Crippen molar-refractivity contribution in [2.75, 3.05) is 10.8 Å². The van der Waals surface area contributed by atoms with Crippen LogP contribution in [0.15, 0.2) is 89.8 Å². The summed E-state index contributed by atoms with van der Waals surface area (Å²) >= 11 is 0. The number of nitrogens with one attached hydrogen (secondary N) is 1. The molecule has 3 aromatic rings. The first-order valence-electron chi connectivity index (χ1n) is 14.2. The van der Waals surface area contributed by atoms with Crippen LogP contribution >= 0.6 is 0 Å². The van der Waals surface area contributed by atoms with Crippen LogP contribution in [0.3, 0.4) is 0 Å². The van der Waals surface area contributed by atoms with E-state index in [1.165, 1.54) is 41.3 Å². The Labute approximate surface area is 246 Å². The summed E-state index contributed by atoms with van der Waals surface area (Å²) in [5, 5.41) is 14.4. The van der Waals surface area contributed by atoms with Gasteiger partial charge in [-0.1, -0.05) is 74.7 Å². The van der Waals surface area contributed by atoms with Crippen LogP contribution in [0.25, 0.3) is 0 Å². The molecule has 1 saturated carbocycles. The fraction of sp³-hybridized carbons (Fsp3) is 0.355. The molecule has 222 valence electrons. The zero-order valence-corrected chi connectivity index (χ0v) is 24.4. The molecule has 0 bridgehead atoms. The van der Waals surface area contributed by atoms with Gasteiger partial charge in [-0.2, -0.15) is 0 Å². The zero-order chi connectivity index (χ0) is 30.1. The fourth-order valence-corrected chi connectivity index (χ4v) is 6.67. The van der Waals surface area contributed by atoms with E-state index in [0.29, 0.717) is 6.42 Å². The average Bonchev–Trinajstić information content (AvgIpc) is 3.01. The molecule has 0 spiro atoms. The number of amides is 2. The Kier molecular flexibility index (Phi) is 10.3. The van der Waals surface area contributed by atoms with Gasteiger partial charge in [0, 0.05) is 24.7 Å². The molecule has 0 saturated heterocycles. The lowest BCUT2D eigenvalue weighted by Gasteiger charge is -2.34. The van der Waals surface area contributed by atoms with Crippen LogP contribution in [0.4, 0.5) is 11.4 Å². The second-order valence-corrected chi connectivity index (χ2v) is 12.2. The van der Waals surface area contributed by atoms with Crippen LogP contribution in [-0.2, 0) is 26.2 Å². The van der Waals surface area contributed by atoms with E-state index in [-0.39, 0.29) is 34.8 Å². The fourth-order valence-electron chi connectivity index (χ4n) is 5.23. The quantitative estimate of drug-likeness (QED) is 0.232. The minimum atomic E-state index is -4.25. The van der Waals surface area contributed by atoms with Gasteiger partial charge in [0.2, 0.25) is 11.8 Å². The first-order chi connectivity index (χ1) is 20.2. The smallest absolute Gasteiger partial charge is 0.269 e. The molecule has 1 atom stereocenters. The number of nitro benzene ring substituents is 1. The number of hydrogen-bond donors (Lipinski definition) is 1. The highest BCUT2D eigenvalue weighted by molar-refractivity contribution is 7.92. The molecule has 1 fully saturated rings. The van der Waals surface area contributed by atoms with Gasteiger partial charge in [-0.15, -0.1) is 0 Å². The van der Waals surface area contributed by atoms with Crippen molar-refractivity contribution in [2.45, 2.75) is 69.0 Å². The van der Waals surface area contributed by atoms with Crippen molar-refractivity contribution in [3.63, 3.8) is 0 Å². The number of carbonyl (C=O) groups excluding carboxylic acids is 2. The Morgan fingerprint density at radius 2 is 1.52 bits per heavy atom. The molecule has 2 amide bonds. The minimum Gasteiger partial charge on any atom is -0.352 e. The molecule has 0 aromatic heterocycles. The minimum absolute atomic E-state index is 0.0344. The van der Waals surface area contributed by atoms with Crippen LogP contribution in [0.2, 0.25) is 0 Å². The first kappa shape index (κ1) is 30.7. The molecule has 0 radical (unpaired) electrons. The second kappa shape index (κ2) is 14.1. The molecular formula is C31H36N4O6S. The molecule has 1 aliphatic rings. The van der Waals surface area contributed by atoms with E-state index in [9.17, 15) is 28.1 Å². The number of benzene rings is 3. The standard InChI is InChI=1S/C31H36N4O6S/c1-2-29(31(37)32-25-14-8-4-9-15-25)33(22-24-12-6-3-7-13-24)30(36)23-34(26-18-20-27(21-19-26)35(38)39)42(40,41)28-16-10-5-11-17-28/h3,5-7,10-13,16-21,25,29H,2,4,8-9,14-15,22-23H2,1H3,(H,32,37)/t29-/m1/s1. The van der Waals surface area contributed by atoms with Gasteiger partial charge >= 0.3 is 0 Å². The third kappa shape index (κ3) is 7.52. The number of non-ortho nitro benzene ring substituents is 1. The maximum atomic E-state index is 14.1. The molecule has 1 N–H and O–H groups in total. The van der Waals surface area contributed by atoms with Gasteiger partial charge in [0.05, 0.1) is 15.5 Å². The average molecular weight is 593 g/mol. The van der Waals surface area contributed by atoms with Gasteiger partial charge in [-0.05, 0) is 49.1 Å². The molecule has 0 unspecified atom stereocenters. The van der Waals surface area contributed by atoms with Gasteiger partial charge in [0.25, 0.3) is 15.7 Å². The largest absolute Gasteiger partial charge is 0.352 e. The third-order valence-corrected chi connectivity index (χ3v) is 9.28. The van der Waals surface area contributed by atoms with Gasteiger partial charge < -0.3 is 10.2 Å². The number of hydrogen-bond acceptors (Lipinski definition) is 6. The van der Waals surface area contributed by atoms with Crippen LogP contribution < -0.4 is 9.62 Å².